The van der Waals surface area contributed by atoms with Crippen molar-refractivity contribution >= 4 is 17.8 Å². The predicted molar refractivity (Wildman–Crippen MR) is 136 cm³/mol. The lowest BCUT2D eigenvalue weighted by atomic mass is 9.69. The summed E-state index contributed by atoms with van der Waals surface area (Å²) >= 11 is 0. The minimum absolute atomic E-state index is 0.0786. The van der Waals surface area contributed by atoms with Gasteiger partial charge in [0.25, 0.3) is 0 Å². The number of esters is 1. The van der Waals surface area contributed by atoms with Crippen molar-refractivity contribution in [1.29, 1.82) is 0 Å². The molecular weight excluding hydrogens is 472 g/mol. The van der Waals surface area contributed by atoms with E-state index in [0.717, 1.165) is 43.4 Å². The molecule has 0 spiro atoms. The molecule has 37 heavy (non-hydrogen) atoms. The Kier molecular flexibility index (Phi) is 7.72. The first-order valence-corrected chi connectivity index (χ1v) is 13.8. The van der Waals surface area contributed by atoms with Gasteiger partial charge in [-0.3, -0.25) is 14.4 Å². The number of amides is 2. The van der Waals surface area contributed by atoms with Gasteiger partial charge in [-0.2, -0.15) is 0 Å². The Balaban J connectivity index is 1.39. The Morgan fingerprint density at radius 2 is 1.92 bits per heavy atom. The molecule has 0 bridgehead atoms. The molecule has 2 aliphatic carbocycles. The van der Waals surface area contributed by atoms with Crippen LogP contribution in [0.5, 0.6) is 11.5 Å². The number of carbonyl (C=O) groups excluding carboxylic acids is 3. The van der Waals surface area contributed by atoms with Crippen LogP contribution in [0.3, 0.4) is 0 Å². The van der Waals surface area contributed by atoms with Crippen molar-refractivity contribution in [3.8, 4) is 11.5 Å². The minimum atomic E-state index is -0.927. The fourth-order valence-corrected chi connectivity index (χ4v) is 6.53. The number of ether oxygens (including phenoxy) is 3. The Morgan fingerprint density at radius 3 is 2.73 bits per heavy atom. The van der Waals surface area contributed by atoms with Crippen molar-refractivity contribution < 1.29 is 28.6 Å². The number of methoxy groups -OCH3 is 1. The van der Waals surface area contributed by atoms with Gasteiger partial charge in [-0.25, -0.2) is 0 Å². The molecule has 0 aromatic heterocycles. The molecule has 0 radical (unpaired) electrons. The molecule has 5 rings (SSSR count). The smallest absolute Gasteiger partial charge is 0.317 e. The highest BCUT2D eigenvalue weighted by Crippen LogP contribution is 2.50. The molecule has 200 valence electrons. The van der Waals surface area contributed by atoms with Crippen molar-refractivity contribution in [2.45, 2.75) is 77.2 Å². The summed E-state index contributed by atoms with van der Waals surface area (Å²) in [5.74, 6) is 0.700. The third-order valence-electron chi connectivity index (χ3n) is 8.48. The Morgan fingerprint density at radius 1 is 1.11 bits per heavy atom. The SMILES string of the molecule is COC(=O)[C@]12CCCCC=C1N(Cc1ccc3c(c1)OCO3)C(=O)[C@H](CC(=O)NCC1CCCCC1)C2. The number of rotatable bonds is 7. The van der Waals surface area contributed by atoms with E-state index in [9.17, 15) is 14.4 Å². The molecule has 2 heterocycles. The van der Waals surface area contributed by atoms with Crippen LogP contribution in [-0.2, 0) is 25.7 Å². The topological polar surface area (TPSA) is 94.2 Å². The first-order valence-electron chi connectivity index (χ1n) is 13.8. The standard InChI is InChI=1S/C29H38N2O6/c1-35-28(34)29-13-7-3-6-10-25(29)31(18-21-11-12-23-24(14-21)37-19-36-23)27(33)22(16-29)15-26(32)30-17-20-8-4-2-5-9-20/h10-12,14,20,22H,2-9,13,15-19H2,1H3,(H,30,32)/t22-,29+/m1/s1. The Bertz CT molecular complexity index is 1060. The number of allylic oxidation sites excluding steroid dienone is 1. The number of hydrogen-bond acceptors (Lipinski definition) is 6. The quantitative estimate of drug-likeness (QED) is 0.544. The van der Waals surface area contributed by atoms with Crippen LogP contribution in [0, 0.1) is 17.3 Å². The third-order valence-corrected chi connectivity index (χ3v) is 8.48. The third kappa shape index (κ3) is 5.34. The van der Waals surface area contributed by atoms with E-state index in [1.165, 1.54) is 26.4 Å². The minimum Gasteiger partial charge on any atom is -0.468 e. The van der Waals surface area contributed by atoms with Gasteiger partial charge >= 0.3 is 5.97 Å². The van der Waals surface area contributed by atoms with Crippen molar-refractivity contribution in [2.24, 2.45) is 17.3 Å². The van der Waals surface area contributed by atoms with Crippen molar-refractivity contribution in [3.05, 3.63) is 35.5 Å². The highest BCUT2D eigenvalue weighted by Gasteiger charge is 2.53. The zero-order valence-corrected chi connectivity index (χ0v) is 21.8. The number of likely N-dealkylation sites (tertiary alicyclic amines) is 1. The summed E-state index contributed by atoms with van der Waals surface area (Å²) in [4.78, 5) is 42.0. The largest absolute Gasteiger partial charge is 0.468 e. The van der Waals surface area contributed by atoms with Crippen LogP contribution in [0.2, 0.25) is 0 Å². The molecule has 1 N–H and O–H groups in total. The van der Waals surface area contributed by atoms with Crippen molar-refractivity contribution in [3.63, 3.8) is 0 Å². The van der Waals surface area contributed by atoms with Gasteiger partial charge in [-0.05, 0) is 62.1 Å². The molecular formula is C29H38N2O6. The van der Waals surface area contributed by atoms with Crippen LogP contribution in [0.25, 0.3) is 0 Å². The van der Waals surface area contributed by atoms with E-state index in [-0.39, 0.29) is 31.0 Å². The van der Waals surface area contributed by atoms with E-state index in [0.29, 0.717) is 43.3 Å². The normalized spacial score (nSPS) is 25.6. The van der Waals surface area contributed by atoms with Gasteiger partial charge in [0.2, 0.25) is 18.6 Å². The molecule has 8 heteroatoms. The predicted octanol–water partition coefficient (Wildman–Crippen LogP) is 4.47. The van der Waals surface area contributed by atoms with Gasteiger partial charge in [-0.15, -0.1) is 0 Å². The molecule has 2 amide bonds. The fraction of sp³-hybridized carbons (Fsp3) is 0.621. The molecule has 1 aromatic rings. The summed E-state index contributed by atoms with van der Waals surface area (Å²) in [5, 5.41) is 3.08. The van der Waals surface area contributed by atoms with E-state index >= 15 is 0 Å². The second-order valence-corrected chi connectivity index (χ2v) is 10.9. The second-order valence-electron chi connectivity index (χ2n) is 10.9. The zero-order chi connectivity index (χ0) is 25.8. The van der Waals surface area contributed by atoms with E-state index in [4.69, 9.17) is 14.2 Å². The summed E-state index contributed by atoms with van der Waals surface area (Å²) in [5.41, 5.74) is 0.673. The number of piperidine rings is 1. The highest BCUT2D eigenvalue weighted by atomic mass is 16.7. The maximum absolute atomic E-state index is 13.9. The number of benzene rings is 1. The first-order chi connectivity index (χ1) is 18.0. The van der Waals surface area contributed by atoms with E-state index in [2.05, 4.69) is 5.32 Å². The number of fused-ring (bicyclic) bond motifs is 2. The van der Waals surface area contributed by atoms with Crippen molar-refractivity contribution in [1.82, 2.24) is 10.2 Å². The molecule has 1 saturated carbocycles. The molecule has 8 nitrogen and oxygen atoms in total. The molecule has 1 aromatic carbocycles. The average molecular weight is 511 g/mol. The lowest BCUT2D eigenvalue weighted by molar-refractivity contribution is -0.160. The van der Waals surface area contributed by atoms with Crippen LogP contribution in [0.4, 0.5) is 0 Å². The summed E-state index contributed by atoms with van der Waals surface area (Å²) < 4.78 is 16.3. The highest BCUT2D eigenvalue weighted by molar-refractivity contribution is 5.92. The number of nitrogens with one attached hydrogen (secondary N) is 1. The van der Waals surface area contributed by atoms with Gasteiger partial charge < -0.3 is 24.4 Å². The lowest BCUT2D eigenvalue weighted by Gasteiger charge is -2.46. The van der Waals surface area contributed by atoms with Crippen LogP contribution in [0.1, 0.15) is 76.2 Å². The maximum Gasteiger partial charge on any atom is 0.317 e. The number of hydrogen-bond donors (Lipinski definition) is 1. The molecule has 2 aliphatic heterocycles. The molecule has 0 unspecified atom stereocenters. The van der Waals surface area contributed by atoms with Gasteiger partial charge in [0.05, 0.1) is 13.7 Å². The van der Waals surface area contributed by atoms with Crippen molar-refractivity contribution in [2.75, 3.05) is 20.4 Å². The first kappa shape index (κ1) is 25.6. The van der Waals surface area contributed by atoms with Gasteiger partial charge in [-0.1, -0.05) is 37.8 Å². The summed E-state index contributed by atoms with van der Waals surface area (Å²) in [6, 6.07) is 5.64. The molecule has 2 fully saturated rings. The van der Waals surface area contributed by atoms with Gasteiger partial charge in [0.1, 0.15) is 5.41 Å². The lowest BCUT2D eigenvalue weighted by Crippen LogP contribution is -2.53. The number of carbonyl (C=O) groups is 3. The Labute approximate surface area is 218 Å². The van der Waals surface area contributed by atoms with Crippen LogP contribution < -0.4 is 14.8 Å². The van der Waals surface area contributed by atoms with Crippen LogP contribution in [0.15, 0.2) is 30.0 Å². The average Bonchev–Trinajstić information content (AvgIpc) is 3.28. The maximum atomic E-state index is 13.9. The van der Waals surface area contributed by atoms with Gasteiger partial charge in [0.15, 0.2) is 11.5 Å². The summed E-state index contributed by atoms with van der Waals surface area (Å²) in [6.07, 6.45) is 11.6. The van der Waals surface area contributed by atoms with Crippen LogP contribution >= 0.6 is 0 Å². The molecule has 4 aliphatic rings. The van der Waals surface area contributed by atoms with E-state index in [1.807, 2.05) is 24.3 Å². The number of nitrogens with zero attached hydrogens (tertiary/aromatic N) is 1. The van der Waals surface area contributed by atoms with Crippen LogP contribution in [-0.4, -0.2) is 43.1 Å². The van der Waals surface area contributed by atoms with E-state index in [1.54, 1.807) is 4.90 Å². The Hall–Kier alpha value is -3.03. The monoisotopic (exact) mass is 510 g/mol. The fourth-order valence-electron chi connectivity index (χ4n) is 6.53. The summed E-state index contributed by atoms with van der Waals surface area (Å²) in [7, 11) is 1.41. The van der Waals surface area contributed by atoms with Gasteiger partial charge in [0, 0.05) is 24.6 Å². The molecule has 2 atom stereocenters. The summed E-state index contributed by atoms with van der Waals surface area (Å²) in [6.45, 7) is 1.13. The second kappa shape index (κ2) is 11.2. The van der Waals surface area contributed by atoms with E-state index < -0.39 is 11.3 Å². The molecule has 1 saturated heterocycles. The zero-order valence-electron chi connectivity index (χ0n) is 21.8.